The number of hydrogen-bond donors (Lipinski definition) is 2. The van der Waals surface area contributed by atoms with Crippen LogP contribution in [0.25, 0.3) is 0 Å². The number of nitrogens with one attached hydrogen (secondary N) is 1. The van der Waals surface area contributed by atoms with Gasteiger partial charge in [0, 0.05) is 12.6 Å². The summed E-state index contributed by atoms with van der Waals surface area (Å²) in [5.41, 5.74) is 0.205. The molecule has 7 nitrogen and oxygen atoms in total. The maximum absolute atomic E-state index is 10.6. The average Bonchev–Trinajstić information content (AvgIpc) is 2.93. The molecule has 0 aromatic carbocycles. The first-order valence-electron chi connectivity index (χ1n) is 8.35. The number of hydrogen-bond acceptors (Lipinski definition) is 5. The van der Waals surface area contributed by atoms with Crippen LogP contribution in [0.3, 0.4) is 0 Å². The lowest BCUT2D eigenvalue weighted by Gasteiger charge is -2.41. The van der Waals surface area contributed by atoms with E-state index in [1.165, 1.54) is 36.3 Å². The minimum atomic E-state index is -0.614. The molecule has 130 valence electrons. The zero-order valence-corrected chi connectivity index (χ0v) is 14.2. The third-order valence-electron chi connectivity index (χ3n) is 4.72. The summed E-state index contributed by atoms with van der Waals surface area (Å²) in [4.78, 5) is 10.2. The van der Waals surface area contributed by atoms with Gasteiger partial charge < -0.3 is 10.4 Å². The molecular weight excluding hydrogens is 296 g/mol. The van der Waals surface area contributed by atoms with Crippen molar-refractivity contribution in [2.24, 2.45) is 11.3 Å². The Morgan fingerprint density at radius 2 is 2.17 bits per heavy atom. The molecule has 0 amide bonds. The molecule has 2 N–H and O–H groups in total. The molecule has 0 unspecified atom stereocenters. The van der Waals surface area contributed by atoms with Gasteiger partial charge in [-0.15, -0.1) is 0 Å². The number of aliphatic hydroxyl groups is 1. The molecule has 0 saturated heterocycles. The van der Waals surface area contributed by atoms with Gasteiger partial charge in [0.05, 0.1) is 17.6 Å². The summed E-state index contributed by atoms with van der Waals surface area (Å²) in [7, 11) is 0. The molecule has 1 fully saturated rings. The maximum atomic E-state index is 10.6. The van der Waals surface area contributed by atoms with Crippen molar-refractivity contribution in [2.45, 2.75) is 65.1 Å². The van der Waals surface area contributed by atoms with Crippen molar-refractivity contribution in [3.8, 4) is 0 Å². The second-order valence-corrected chi connectivity index (χ2v) is 7.60. The van der Waals surface area contributed by atoms with Gasteiger partial charge in [0.25, 0.3) is 0 Å². The summed E-state index contributed by atoms with van der Waals surface area (Å²) in [5.74, 6) is 0.606. The number of nitrogens with zero attached hydrogens (tertiary/aromatic N) is 3. The van der Waals surface area contributed by atoms with Crippen molar-refractivity contribution in [3.63, 3.8) is 0 Å². The van der Waals surface area contributed by atoms with Crippen molar-refractivity contribution >= 4 is 5.69 Å². The molecule has 1 aliphatic rings. The largest absolute Gasteiger partial charge is 0.390 e. The van der Waals surface area contributed by atoms with Crippen LogP contribution in [0.5, 0.6) is 0 Å². The first-order valence-corrected chi connectivity index (χ1v) is 8.35. The molecule has 0 aliphatic heterocycles. The molecule has 1 saturated carbocycles. The van der Waals surface area contributed by atoms with Gasteiger partial charge in [0.1, 0.15) is 12.4 Å². The minimum absolute atomic E-state index is 0.0507. The Morgan fingerprint density at radius 1 is 1.48 bits per heavy atom. The van der Waals surface area contributed by atoms with Crippen LogP contribution in [0.2, 0.25) is 0 Å². The zero-order chi connectivity index (χ0) is 17.0. The predicted molar refractivity (Wildman–Crippen MR) is 88.1 cm³/mol. The molecular formula is C16H28N4O3. The van der Waals surface area contributed by atoms with Crippen molar-refractivity contribution in [1.82, 2.24) is 15.1 Å². The molecule has 7 heteroatoms. The average molecular weight is 324 g/mol. The lowest BCUT2D eigenvalue weighted by molar-refractivity contribution is -0.385. The summed E-state index contributed by atoms with van der Waals surface area (Å²) >= 11 is 0. The van der Waals surface area contributed by atoms with Crippen LogP contribution < -0.4 is 5.32 Å². The Morgan fingerprint density at radius 3 is 2.78 bits per heavy atom. The van der Waals surface area contributed by atoms with E-state index in [1.54, 1.807) is 0 Å². The van der Waals surface area contributed by atoms with E-state index in [9.17, 15) is 15.2 Å². The van der Waals surface area contributed by atoms with Crippen LogP contribution in [0, 0.1) is 21.4 Å². The molecule has 0 bridgehead atoms. The topological polar surface area (TPSA) is 93.2 Å². The van der Waals surface area contributed by atoms with E-state index in [0.29, 0.717) is 18.5 Å². The van der Waals surface area contributed by atoms with Crippen LogP contribution in [-0.4, -0.2) is 38.5 Å². The molecule has 1 aromatic heterocycles. The lowest BCUT2D eigenvalue weighted by Crippen LogP contribution is -2.47. The van der Waals surface area contributed by atoms with E-state index in [0.717, 1.165) is 6.42 Å². The molecule has 1 aliphatic carbocycles. The van der Waals surface area contributed by atoms with Crippen LogP contribution in [0.15, 0.2) is 12.4 Å². The Hall–Kier alpha value is -1.47. The fourth-order valence-electron chi connectivity index (χ4n) is 3.53. The van der Waals surface area contributed by atoms with Crippen molar-refractivity contribution < 1.29 is 10.0 Å². The maximum Gasteiger partial charge on any atom is 0.306 e. The van der Waals surface area contributed by atoms with Crippen molar-refractivity contribution in [3.05, 3.63) is 22.5 Å². The number of rotatable bonds is 6. The summed E-state index contributed by atoms with van der Waals surface area (Å²) in [5, 5.41) is 28.2. The fourth-order valence-corrected chi connectivity index (χ4v) is 3.53. The van der Waals surface area contributed by atoms with Gasteiger partial charge in [0.2, 0.25) is 0 Å². The van der Waals surface area contributed by atoms with Crippen LogP contribution in [0.1, 0.15) is 46.5 Å². The summed E-state index contributed by atoms with van der Waals surface area (Å²) in [6.07, 6.45) is 6.81. The molecule has 2 rings (SSSR count). The third-order valence-corrected chi connectivity index (χ3v) is 4.72. The van der Waals surface area contributed by atoms with Gasteiger partial charge in [-0.2, -0.15) is 5.10 Å². The Bertz CT molecular complexity index is 524. The van der Waals surface area contributed by atoms with Gasteiger partial charge >= 0.3 is 5.69 Å². The second kappa shape index (κ2) is 7.40. The van der Waals surface area contributed by atoms with E-state index in [2.05, 4.69) is 31.2 Å². The van der Waals surface area contributed by atoms with Gasteiger partial charge in [-0.05, 0) is 24.2 Å². The second-order valence-electron chi connectivity index (χ2n) is 7.60. The first-order chi connectivity index (χ1) is 10.8. The number of aliphatic hydroxyl groups excluding tert-OH is 1. The fraction of sp³-hybridized carbons (Fsp3) is 0.812. The van der Waals surface area contributed by atoms with E-state index >= 15 is 0 Å². The smallest absolute Gasteiger partial charge is 0.306 e. The third kappa shape index (κ3) is 5.00. The van der Waals surface area contributed by atoms with E-state index in [4.69, 9.17) is 0 Å². The number of aromatic nitrogens is 2. The van der Waals surface area contributed by atoms with Crippen LogP contribution >= 0.6 is 0 Å². The lowest BCUT2D eigenvalue weighted by atomic mass is 9.69. The standard InChI is InChI=1S/C16H28N4O3/c1-16(2,3)14-6-4-5-7-15(14)17-9-13(21)11-19-10-12(8-18-19)20(22)23/h8,10,13-15,17,21H,4-7,9,11H2,1-3H3/t13-,14+,15+/m0/s1. The van der Waals surface area contributed by atoms with Crippen LogP contribution in [-0.2, 0) is 6.54 Å². The van der Waals surface area contributed by atoms with Crippen molar-refractivity contribution in [1.29, 1.82) is 0 Å². The predicted octanol–water partition coefficient (Wildman–Crippen LogP) is 2.35. The molecule has 3 atom stereocenters. The van der Waals surface area contributed by atoms with E-state index < -0.39 is 11.0 Å². The van der Waals surface area contributed by atoms with Gasteiger partial charge in [-0.3, -0.25) is 14.8 Å². The van der Waals surface area contributed by atoms with Gasteiger partial charge in [0.15, 0.2) is 0 Å². The minimum Gasteiger partial charge on any atom is -0.390 e. The summed E-state index contributed by atoms with van der Waals surface area (Å²) in [6, 6.07) is 0.422. The highest BCUT2D eigenvalue weighted by Gasteiger charge is 2.33. The summed E-state index contributed by atoms with van der Waals surface area (Å²) in [6.45, 7) is 7.56. The normalized spacial score (nSPS) is 23.7. The van der Waals surface area contributed by atoms with E-state index in [-0.39, 0.29) is 17.6 Å². The monoisotopic (exact) mass is 324 g/mol. The van der Waals surface area contributed by atoms with Gasteiger partial charge in [-0.25, -0.2) is 0 Å². The van der Waals surface area contributed by atoms with Gasteiger partial charge in [-0.1, -0.05) is 33.6 Å². The van der Waals surface area contributed by atoms with E-state index in [1.807, 2.05) is 0 Å². The molecule has 1 aromatic rings. The summed E-state index contributed by atoms with van der Waals surface area (Å²) < 4.78 is 1.42. The molecule has 0 radical (unpaired) electrons. The quantitative estimate of drug-likeness (QED) is 0.619. The zero-order valence-electron chi connectivity index (χ0n) is 14.2. The molecule has 23 heavy (non-hydrogen) atoms. The Balaban J connectivity index is 1.84. The SMILES string of the molecule is CC(C)(C)[C@@H]1CCCC[C@H]1NC[C@H](O)Cn1cc([N+](=O)[O-])cn1. The highest BCUT2D eigenvalue weighted by molar-refractivity contribution is 5.20. The molecule has 0 spiro atoms. The van der Waals surface area contributed by atoms with Crippen molar-refractivity contribution in [2.75, 3.05) is 6.54 Å². The highest BCUT2D eigenvalue weighted by atomic mass is 16.6. The first kappa shape index (κ1) is 17.9. The Kier molecular flexibility index (Phi) is 5.75. The molecule has 1 heterocycles. The highest BCUT2D eigenvalue weighted by Crippen LogP contribution is 2.37. The Labute approximate surface area is 137 Å². The van der Waals surface area contributed by atoms with Crippen LogP contribution in [0.4, 0.5) is 5.69 Å². The number of nitro groups is 1.